The molecule has 2 aromatic rings. The van der Waals surface area contributed by atoms with Crippen molar-refractivity contribution in [2.45, 2.75) is 25.3 Å². The minimum Gasteiger partial charge on any atom is -0.362 e. The number of nitriles is 1. The highest BCUT2D eigenvalue weighted by atomic mass is 15.0. The molecule has 0 amide bonds. The van der Waals surface area contributed by atoms with Crippen molar-refractivity contribution in [2.75, 3.05) is 5.32 Å². The van der Waals surface area contributed by atoms with Gasteiger partial charge in [0.15, 0.2) is 5.69 Å². The zero-order chi connectivity index (χ0) is 13.1. The molecule has 1 atom stereocenters. The van der Waals surface area contributed by atoms with Crippen molar-refractivity contribution in [3.05, 3.63) is 53.5 Å². The van der Waals surface area contributed by atoms with Crippen LogP contribution in [-0.4, -0.2) is 9.97 Å². The van der Waals surface area contributed by atoms with E-state index < -0.39 is 0 Å². The van der Waals surface area contributed by atoms with Crippen LogP contribution in [0.3, 0.4) is 0 Å². The van der Waals surface area contributed by atoms with Gasteiger partial charge >= 0.3 is 0 Å². The fraction of sp³-hybridized carbons (Fsp3) is 0.267. The molecule has 0 saturated carbocycles. The van der Waals surface area contributed by atoms with Crippen molar-refractivity contribution in [3.8, 4) is 6.07 Å². The van der Waals surface area contributed by atoms with Gasteiger partial charge in [-0.05, 0) is 30.4 Å². The summed E-state index contributed by atoms with van der Waals surface area (Å²) in [5, 5.41) is 12.1. The smallest absolute Gasteiger partial charge is 0.158 e. The maximum absolute atomic E-state index is 8.71. The van der Waals surface area contributed by atoms with E-state index >= 15 is 0 Å². The molecule has 1 unspecified atom stereocenters. The van der Waals surface area contributed by atoms with Crippen molar-refractivity contribution in [2.24, 2.45) is 0 Å². The van der Waals surface area contributed by atoms with Gasteiger partial charge in [0.2, 0.25) is 0 Å². The second kappa shape index (κ2) is 5.07. The highest BCUT2D eigenvalue weighted by Crippen LogP contribution is 2.31. The molecule has 0 aliphatic heterocycles. The van der Waals surface area contributed by atoms with Crippen molar-refractivity contribution in [1.29, 1.82) is 5.26 Å². The third-order valence-corrected chi connectivity index (χ3v) is 3.46. The van der Waals surface area contributed by atoms with Crippen LogP contribution in [0.4, 0.5) is 5.82 Å². The average molecular weight is 250 g/mol. The molecule has 4 heteroatoms. The summed E-state index contributed by atoms with van der Waals surface area (Å²) in [7, 11) is 0. The molecule has 0 saturated heterocycles. The summed E-state index contributed by atoms with van der Waals surface area (Å²) in [6, 6.07) is 10.8. The number of rotatable bonds is 2. The molecule has 1 aromatic carbocycles. The lowest BCUT2D eigenvalue weighted by molar-refractivity contribution is 0.598. The van der Waals surface area contributed by atoms with Crippen molar-refractivity contribution < 1.29 is 0 Å². The molecule has 0 fully saturated rings. The molecule has 3 rings (SSSR count). The van der Waals surface area contributed by atoms with E-state index in [-0.39, 0.29) is 6.04 Å². The van der Waals surface area contributed by atoms with Crippen LogP contribution in [0.5, 0.6) is 0 Å². The van der Waals surface area contributed by atoms with E-state index in [1.165, 1.54) is 23.7 Å². The number of benzene rings is 1. The second-order valence-corrected chi connectivity index (χ2v) is 4.69. The Labute approximate surface area is 112 Å². The van der Waals surface area contributed by atoms with Crippen LogP contribution in [0.15, 0.2) is 36.7 Å². The van der Waals surface area contributed by atoms with Crippen molar-refractivity contribution in [3.63, 3.8) is 0 Å². The van der Waals surface area contributed by atoms with Gasteiger partial charge in [-0.2, -0.15) is 5.26 Å². The number of nitrogens with one attached hydrogen (secondary N) is 1. The summed E-state index contributed by atoms with van der Waals surface area (Å²) in [6.07, 6.45) is 6.54. The first-order chi connectivity index (χ1) is 9.36. The monoisotopic (exact) mass is 250 g/mol. The Kier molecular flexibility index (Phi) is 3.11. The van der Waals surface area contributed by atoms with Crippen molar-refractivity contribution in [1.82, 2.24) is 9.97 Å². The summed E-state index contributed by atoms with van der Waals surface area (Å²) < 4.78 is 0. The Morgan fingerprint density at radius 1 is 1.21 bits per heavy atom. The van der Waals surface area contributed by atoms with E-state index in [9.17, 15) is 0 Å². The fourth-order valence-electron chi connectivity index (χ4n) is 2.54. The molecule has 1 N–H and O–H groups in total. The average Bonchev–Trinajstić information content (AvgIpc) is 2.48. The van der Waals surface area contributed by atoms with Crippen LogP contribution >= 0.6 is 0 Å². The summed E-state index contributed by atoms with van der Waals surface area (Å²) in [6.45, 7) is 0. The molecule has 1 aromatic heterocycles. The normalized spacial score (nSPS) is 17.3. The van der Waals surface area contributed by atoms with Gasteiger partial charge in [0.05, 0.1) is 18.4 Å². The first-order valence-corrected chi connectivity index (χ1v) is 6.43. The molecule has 4 nitrogen and oxygen atoms in total. The molecule has 94 valence electrons. The van der Waals surface area contributed by atoms with E-state index in [0.29, 0.717) is 5.69 Å². The van der Waals surface area contributed by atoms with E-state index in [0.717, 1.165) is 18.7 Å². The molecule has 1 heterocycles. The van der Waals surface area contributed by atoms with Crippen LogP contribution in [0, 0.1) is 11.3 Å². The number of anilines is 1. The molecule has 0 spiro atoms. The Morgan fingerprint density at radius 3 is 2.89 bits per heavy atom. The third-order valence-electron chi connectivity index (χ3n) is 3.46. The van der Waals surface area contributed by atoms with Gasteiger partial charge in [0, 0.05) is 0 Å². The Hall–Kier alpha value is -2.41. The Morgan fingerprint density at radius 2 is 2.11 bits per heavy atom. The van der Waals surface area contributed by atoms with E-state index in [2.05, 4.69) is 39.6 Å². The SMILES string of the molecule is N#Cc1cnc(NC2CCCc3ccccc32)cn1. The van der Waals surface area contributed by atoms with Gasteiger partial charge in [-0.1, -0.05) is 24.3 Å². The van der Waals surface area contributed by atoms with Gasteiger partial charge in [0.25, 0.3) is 0 Å². The van der Waals surface area contributed by atoms with Crippen molar-refractivity contribution >= 4 is 5.82 Å². The van der Waals surface area contributed by atoms with Crippen LogP contribution in [0.1, 0.15) is 35.7 Å². The fourth-order valence-corrected chi connectivity index (χ4v) is 2.54. The summed E-state index contributed by atoms with van der Waals surface area (Å²) in [4.78, 5) is 8.25. The molecule has 1 aliphatic carbocycles. The Balaban J connectivity index is 1.82. The standard InChI is InChI=1S/C15H14N4/c16-8-12-9-18-15(10-17-12)19-14-7-3-5-11-4-1-2-6-13(11)14/h1-2,4,6,9-10,14H,3,5,7H2,(H,18,19). The molecule has 0 radical (unpaired) electrons. The van der Waals surface area contributed by atoms with E-state index in [1.54, 1.807) is 6.20 Å². The molecular weight excluding hydrogens is 236 g/mol. The van der Waals surface area contributed by atoms with E-state index in [1.807, 2.05) is 6.07 Å². The number of nitrogens with zero attached hydrogens (tertiary/aromatic N) is 3. The second-order valence-electron chi connectivity index (χ2n) is 4.69. The first kappa shape index (κ1) is 11.7. The first-order valence-electron chi connectivity index (χ1n) is 6.43. The zero-order valence-electron chi connectivity index (χ0n) is 10.5. The number of fused-ring (bicyclic) bond motifs is 1. The number of hydrogen-bond donors (Lipinski definition) is 1. The molecular formula is C15H14N4. The summed E-state index contributed by atoms with van der Waals surface area (Å²) >= 11 is 0. The van der Waals surface area contributed by atoms with Gasteiger partial charge in [-0.15, -0.1) is 0 Å². The maximum atomic E-state index is 8.71. The lowest BCUT2D eigenvalue weighted by Gasteiger charge is -2.26. The van der Waals surface area contributed by atoms with Crippen LogP contribution < -0.4 is 5.32 Å². The highest BCUT2D eigenvalue weighted by Gasteiger charge is 2.19. The van der Waals surface area contributed by atoms with Crippen LogP contribution in [-0.2, 0) is 6.42 Å². The highest BCUT2D eigenvalue weighted by molar-refractivity contribution is 5.41. The summed E-state index contributed by atoms with van der Waals surface area (Å²) in [5.74, 6) is 0.723. The largest absolute Gasteiger partial charge is 0.362 e. The van der Waals surface area contributed by atoms with Crippen LogP contribution in [0.2, 0.25) is 0 Å². The van der Waals surface area contributed by atoms with Gasteiger partial charge < -0.3 is 5.32 Å². The topological polar surface area (TPSA) is 61.6 Å². The van der Waals surface area contributed by atoms with Gasteiger partial charge in [-0.3, -0.25) is 0 Å². The summed E-state index contributed by atoms with van der Waals surface area (Å²) in [5.41, 5.74) is 3.10. The lowest BCUT2D eigenvalue weighted by Crippen LogP contribution is -2.18. The quantitative estimate of drug-likeness (QED) is 0.890. The predicted octanol–water partition coefficient (Wildman–Crippen LogP) is 2.84. The number of aryl methyl sites for hydroxylation is 1. The molecule has 19 heavy (non-hydrogen) atoms. The molecule has 0 bridgehead atoms. The zero-order valence-corrected chi connectivity index (χ0v) is 10.5. The lowest BCUT2D eigenvalue weighted by atomic mass is 9.88. The minimum absolute atomic E-state index is 0.284. The third kappa shape index (κ3) is 2.41. The van der Waals surface area contributed by atoms with Crippen LogP contribution in [0.25, 0.3) is 0 Å². The predicted molar refractivity (Wildman–Crippen MR) is 72.5 cm³/mol. The number of aromatic nitrogens is 2. The molecule has 1 aliphatic rings. The van der Waals surface area contributed by atoms with Gasteiger partial charge in [0.1, 0.15) is 11.9 Å². The Bertz CT molecular complexity index is 613. The van der Waals surface area contributed by atoms with E-state index in [4.69, 9.17) is 5.26 Å². The number of hydrogen-bond acceptors (Lipinski definition) is 4. The van der Waals surface area contributed by atoms with Gasteiger partial charge in [-0.25, -0.2) is 9.97 Å². The minimum atomic E-state index is 0.284. The maximum Gasteiger partial charge on any atom is 0.158 e.